The Labute approximate surface area is 149 Å². The molecule has 0 bridgehead atoms. The van der Waals surface area contributed by atoms with Gasteiger partial charge in [0.05, 0.1) is 5.69 Å². The van der Waals surface area contributed by atoms with Crippen molar-refractivity contribution in [1.82, 2.24) is 9.97 Å². The zero-order valence-electron chi connectivity index (χ0n) is 12.7. The summed E-state index contributed by atoms with van der Waals surface area (Å²) in [4.78, 5) is 8.87. The third-order valence-corrected chi connectivity index (χ3v) is 4.86. The highest BCUT2D eigenvalue weighted by Crippen LogP contribution is 2.31. The van der Waals surface area contributed by atoms with Crippen LogP contribution in [0.25, 0.3) is 33.0 Å². The summed E-state index contributed by atoms with van der Waals surface area (Å²) in [5.74, 6) is 0. The van der Waals surface area contributed by atoms with Gasteiger partial charge in [0.15, 0.2) is 0 Å². The van der Waals surface area contributed by atoms with Crippen LogP contribution in [0.3, 0.4) is 0 Å². The van der Waals surface area contributed by atoms with Gasteiger partial charge in [-0.15, -0.1) is 11.3 Å². The quantitative estimate of drug-likeness (QED) is 0.412. The van der Waals surface area contributed by atoms with Crippen LogP contribution in [0.5, 0.6) is 0 Å². The van der Waals surface area contributed by atoms with E-state index in [4.69, 9.17) is 16.6 Å². The maximum Gasteiger partial charge on any atom is 0.129 e. The molecule has 2 aromatic heterocycles. The van der Waals surface area contributed by atoms with E-state index in [0.717, 1.165) is 21.8 Å². The molecular weight excluding hydrogens is 336 g/mol. The molecule has 0 aliphatic rings. The fourth-order valence-electron chi connectivity index (χ4n) is 2.53. The molecule has 0 saturated heterocycles. The monoisotopic (exact) mass is 348 g/mol. The Kier molecular flexibility index (Phi) is 4.11. The zero-order valence-corrected chi connectivity index (χ0v) is 14.3. The highest BCUT2D eigenvalue weighted by atomic mass is 35.5. The summed E-state index contributed by atoms with van der Waals surface area (Å²) < 4.78 is 0. The molecule has 4 rings (SSSR count). The number of hydrogen-bond donors (Lipinski definition) is 0. The van der Waals surface area contributed by atoms with Crippen molar-refractivity contribution >= 4 is 22.9 Å². The van der Waals surface area contributed by atoms with Crippen molar-refractivity contribution in [1.29, 1.82) is 0 Å². The van der Waals surface area contributed by atoms with Crippen molar-refractivity contribution in [2.45, 2.75) is 0 Å². The summed E-state index contributed by atoms with van der Waals surface area (Å²) in [6, 6.07) is 22.5. The van der Waals surface area contributed by atoms with Gasteiger partial charge < -0.3 is 0 Å². The molecule has 4 aromatic rings. The predicted octanol–water partition coefficient (Wildman–Crippen LogP) is 6.19. The molecule has 0 saturated carbocycles. The summed E-state index contributed by atoms with van der Waals surface area (Å²) in [5, 5.41) is 3.51. The summed E-state index contributed by atoms with van der Waals surface area (Å²) in [7, 11) is 0. The third-order valence-electron chi connectivity index (χ3n) is 3.74. The predicted molar refractivity (Wildman–Crippen MR) is 101 cm³/mol. The smallest absolute Gasteiger partial charge is 0.129 e. The molecule has 0 aliphatic carbocycles. The Bertz CT molecular complexity index is 962. The number of pyridine rings is 1. The Morgan fingerprint density at radius 1 is 0.750 bits per heavy atom. The lowest BCUT2D eigenvalue weighted by Crippen LogP contribution is -1.83. The molecule has 0 fully saturated rings. The highest BCUT2D eigenvalue weighted by molar-refractivity contribution is 7.13. The fraction of sp³-hybridized carbons (Fsp3) is 0. The van der Waals surface area contributed by atoms with Crippen molar-refractivity contribution in [3.63, 3.8) is 0 Å². The van der Waals surface area contributed by atoms with E-state index in [-0.39, 0.29) is 0 Å². The third kappa shape index (κ3) is 3.09. The van der Waals surface area contributed by atoms with Crippen LogP contribution in [0.2, 0.25) is 5.15 Å². The van der Waals surface area contributed by atoms with Crippen LogP contribution in [-0.4, -0.2) is 9.97 Å². The Hall–Kier alpha value is -2.49. The first kappa shape index (κ1) is 15.1. The Balaban J connectivity index is 1.69. The molecule has 24 heavy (non-hydrogen) atoms. The van der Waals surface area contributed by atoms with Gasteiger partial charge in [0.2, 0.25) is 0 Å². The van der Waals surface area contributed by atoms with E-state index in [1.54, 1.807) is 23.6 Å². The Morgan fingerprint density at radius 2 is 1.54 bits per heavy atom. The minimum Gasteiger partial charge on any atom is -0.244 e. The minimum absolute atomic E-state index is 0.492. The molecule has 116 valence electrons. The molecule has 0 atom stereocenters. The first-order valence-electron chi connectivity index (χ1n) is 7.53. The summed E-state index contributed by atoms with van der Waals surface area (Å²) >= 11 is 7.46. The van der Waals surface area contributed by atoms with Crippen LogP contribution in [0, 0.1) is 0 Å². The molecule has 4 heteroatoms. The van der Waals surface area contributed by atoms with Gasteiger partial charge in [0.1, 0.15) is 10.2 Å². The van der Waals surface area contributed by atoms with E-state index in [0.29, 0.717) is 5.15 Å². The number of benzene rings is 2. The lowest BCUT2D eigenvalue weighted by Gasteiger charge is -2.03. The van der Waals surface area contributed by atoms with Crippen molar-refractivity contribution in [2.24, 2.45) is 0 Å². The molecule has 0 radical (unpaired) electrons. The van der Waals surface area contributed by atoms with E-state index in [2.05, 4.69) is 58.9 Å². The number of halogens is 1. The molecule has 0 spiro atoms. The number of rotatable bonds is 3. The highest BCUT2D eigenvalue weighted by Gasteiger charge is 2.08. The summed E-state index contributed by atoms with van der Waals surface area (Å²) in [6.45, 7) is 0. The summed E-state index contributed by atoms with van der Waals surface area (Å²) in [5.41, 5.74) is 5.46. The van der Waals surface area contributed by atoms with Gasteiger partial charge >= 0.3 is 0 Å². The van der Waals surface area contributed by atoms with Gasteiger partial charge in [-0.25, -0.2) is 9.97 Å². The van der Waals surface area contributed by atoms with Crippen LogP contribution in [-0.2, 0) is 0 Å². The molecule has 2 nitrogen and oxygen atoms in total. The van der Waals surface area contributed by atoms with Crippen LogP contribution >= 0.6 is 22.9 Å². The van der Waals surface area contributed by atoms with E-state index in [1.807, 2.05) is 12.1 Å². The molecule has 0 amide bonds. The molecule has 0 N–H and O–H groups in total. The van der Waals surface area contributed by atoms with Gasteiger partial charge in [-0.05, 0) is 29.3 Å². The molecule has 0 aliphatic heterocycles. The van der Waals surface area contributed by atoms with E-state index in [9.17, 15) is 0 Å². The van der Waals surface area contributed by atoms with Crippen molar-refractivity contribution in [3.05, 3.63) is 83.5 Å². The number of thiazole rings is 1. The van der Waals surface area contributed by atoms with Crippen molar-refractivity contribution < 1.29 is 0 Å². The SMILES string of the molecule is Clc1ccc(-c2nc(-c3cccc(-c4ccccc4)c3)cs2)cn1. The first-order chi connectivity index (χ1) is 11.8. The topological polar surface area (TPSA) is 25.8 Å². The molecular formula is C20H13ClN2S. The average molecular weight is 349 g/mol. The minimum atomic E-state index is 0.492. The van der Waals surface area contributed by atoms with Crippen molar-refractivity contribution in [2.75, 3.05) is 0 Å². The second kappa shape index (κ2) is 6.56. The normalized spacial score (nSPS) is 10.7. The van der Waals surface area contributed by atoms with Crippen LogP contribution < -0.4 is 0 Å². The average Bonchev–Trinajstić information content (AvgIpc) is 3.13. The molecule has 2 heterocycles. The summed E-state index contributed by atoms with van der Waals surface area (Å²) in [6.07, 6.45) is 1.76. The second-order valence-corrected chi connectivity index (χ2v) is 6.60. The van der Waals surface area contributed by atoms with Crippen LogP contribution in [0.15, 0.2) is 78.3 Å². The van der Waals surface area contributed by atoms with Crippen LogP contribution in [0.1, 0.15) is 0 Å². The largest absolute Gasteiger partial charge is 0.244 e. The maximum atomic E-state index is 5.85. The van der Waals surface area contributed by atoms with Crippen LogP contribution in [0.4, 0.5) is 0 Å². The van der Waals surface area contributed by atoms with E-state index >= 15 is 0 Å². The zero-order chi connectivity index (χ0) is 16.4. The van der Waals surface area contributed by atoms with Gasteiger partial charge in [0, 0.05) is 22.7 Å². The lowest BCUT2D eigenvalue weighted by molar-refractivity contribution is 1.31. The standard InChI is InChI=1S/C20H13ClN2S/c21-19-10-9-17(12-22-19)20-23-18(13-24-20)16-8-4-7-15(11-16)14-5-2-1-3-6-14/h1-13H. The van der Waals surface area contributed by atoms with Gasteiger partial charge in [-0.1, -0.05) is 60.1 Å². The van der Waals surface area contributed by atoms with Gasteiger partial charge in [-0.2, -0.15) is 0 Å². The first-order valence-corrected chi connectivity index (χ1v) is 8.79. The number of hydrogen-bond acceptors (Lipinski definition) is 3. The molecule has 0 unspecified atom stereocenters. The van der Waals surface area contributed by atoms with E-state index in [1.165, 1.54) is 11.1 Å². The second-order valence-electron chi connectivity index (χ2n) is 5.35. The van der Waals surface area contributed by atoms with E-state index < -0.39 is 0 Å². The molecule has 2 aromatic carbocycles. The number of nitrogens with zero attached hydrogens (tertiary/aromatic N) is 2. The van der Waals surface area contributed by atoms with Gasteiger partial charge in [0.25, 0.3) is 0 Å². The lowest BCUT2D eigenvalue weighted by atomic mass is 10.0. The maximum absolute atomic E-state index is 5.85. The van der Waals surface area contributed by atoms with Crippen molar-refractivity contribution in [3.8, 4) is 33.0 Å². The van der Waals surface area contributed by atoms with Gasteiger partial charge in [-0.3, -0.25) is 0 Å². The fourth-order valence-corrected chi connectivity index (χ4v) is 3.46. The number of aromatic nitrogens is 2. The Morgan fingerprint density at radius 3 is 2.33 bits per heavy atom.